The second kappa shape index (κ2) is 4.26. The lowest BCUT2D eigenvalue weighted by Gasteiger charge is -2.17. The number of halogens is 1. The first-order chi connectivity index (χ1) is 7.09. The highest BCUT2D eigenvalue weighted by atomic mass is 79.9. The number of benzene rings is 1. The van der Waals surface area contributed by atoms with Crippen LogP contribution >= 0.6 is 15.9 Å². The zero-order valence-electron chi connectivity index (χ0n) is 9.55. The third-order valence-corrected chi connectivity index (χ3v) is 3.77. The second-order valence-electron chi connectivity index (χ2n) is 4.75. The Kier molecular flexibility index (Phi) is 3.17. The molecular formula is C13H18BrN. The van der Waals surface area contributed by atoms with E-state index in [0.29, 0.717) is 18.0 Å². The Morgan fingerprint density at radius 2 is 2.13 bits per heavy atom. The molecule has 2 atom stereocenters. The van der Waals surface area contributed by atoms with E-state index in [0.717, 1.165) is 0 Å². The Balaban J connectivity index is 2.34. The van der Waals surface area contributed by atoms with Crippen molar-refractivity contribution in [2.75, 3.05) is 0 Å². The fraction of sp³-hybridized carbons (Fsp3) is 0.538. The SMILES string of the molecule is CC(C)NC1CC(C)c2c(Br)cccc21. The van der Waals surface area contributed by atoms with Gasteiger partial charge in [0.15, 0.2) is 0 Å². The molecule has 1 N–H and O–H groups in total. The Bertz CT molecular complexity index is 360. The van der Waals surface area contributed by atoms with Gasteiger partial charge in [-0.05, 0) is 29.5 Å². The van der Waals surface area contributed by atoms with Crippen molar-refractivity contribution in [3.63, 3.8) is 0 Å². The molecule has 0 aromatic heterocycles. The van der Waals surface area contributed by atoms with Crippen molar-refractivity contribution in [2.24, 2.45) is 0 Å². The van der Waals surface area contributed by atoms with E-state index in [2.05, 4.69) is 60.2 Å². The highest BCUT2D eigenvalue weighted by Crippen LogP contribution is 2.43. The average Bonchev–Trinajstić information content (AvgIpc) is 2.44. The largest absolute Gasteiger partial charge is 0.308 e. The van der Waals surface area contributed by atoms with Gasteiger partial charge in [-0.15, -0.1) is 0 Å². The van der Waals surface area contributed by atoms with Crippen LogP contribution in [-0.4, -0.2) is 6.04 Å². The smallest absolute Gasteiger partial charge is 0.0331 e. The van der Waals surface area contributed by atoms with Crippen molar-refractivity contribution in [1.82, 2.24) is 5.32 Å². The number of hydrogen-bond donors (Lipinski definition) is 1. The zero-order chi connectivity index (χ0) is 11.0. The van der Waals surface area contributed by atoms with Crippen molar-refractivity contribution in [3.8, 4) is 0 Å². The van der Waals surface area contributed by atoms with Crippen molar-refractivity contribution in [1.29, 1.82) is 0 Å². The van der Waals surface area contributed by atoms with Crippen LogP contribution in [0.25, 0.3) is 0 Å². The first-order valence-corrected chi connectivity index (χ1v) is 6.43. The molecule has 1 aliphatic rings. The molecule has 1 aromatic rings. The molecule has 1 aliphatic carbocycles. The van der Waals surface area contributed by atoms with Crippen LogP contribution in [0.4, 0.5) is 0 Å². The lowest BCUT2D eigenvalue weighted by atomic mass is 10.0. The third-order valence-electron chi connectivity index (χ3n) is 3.08. The molecule has 0 aliphatic heterocycles. The summed E-state index contributed by atoms with van der Waals surface area (Å²) < 4.78 is 1.26. The maximum Gasteiger partial charge on any atom is 0.0331 e. The van der Waals surface area contributed by atoms with E-state index in [1.54, 1.807) is 0 Å². The van der Waals surface area contributed by atoms with Gasteiger partial charge in [0.2, 0.25) is 0 Å². The van der Waals surface area contributed by atoms with E-state index in [4.69, 9.17) is 0 Å². The van der Waals surface area contributed by atoms with Gasteiger partial charge in [-0.1, -0.05) is 48.8 Å². The highest BCUT2D eigenvalue weighted by Gasteiger charge is 2.29. The molecule has 15 heavy (non-hydrogen) atoms. The van der Waals surface area contributed by atoms with Gasteiger partial charge >= 0.3 is 0 Å². The van der Waals surface area contributed by atoms with Gasteiger partial charge in [-0.25, -0.2) is 0 Å². The predicted molar refractivity (Wildman–Crippen MR) is 68.2 cm³/mol. The number of hydrogen-bond acceptors (Lipinski definition) is 1. The maximum absolute atomic E-state index is 3.65. The molecule has 0 amide bonds. The van der Waals surface area contributed by atoms with E-state index in [1.165, 1.54) is 22.0 Å². The summed E-state index contributed by atoms with van der Waals surface area (Å²) in [6.07, 6.45) is 1.22. The third kappa shape index (κ3) is 2.11. The minimum atomic E-state index is 0.535. The Morgan fingerprint density at radius 1 is 1.40 bits per heavy atom. The summed E-state index contributed by atoms with van der Waals surface area (Å²) in [4.78, 5) is 0. The summed E-state index contributed by atoms with van der Waals surface area (Å²) in [7, 11) is 0. The Labute approximate surface area is 100 Å². The number of rotatable bonds is 2. The summed E-state index contributed by atoms with van der Waals surface area (Å²) in [5.41, 5.74) is 2.97. The van der Waals surface area contributed by atoms with Gasteiger partial charge in [0, 0.05) is 16.6 Å². The fourth-order valence-corrected chi connectivity index (χ4v) is 3.31. The normalized spacial score (nSPS) is 24.6. The summed E-state index contributed by atoms with van der Waals surface area (Å²) in [5.74, 6) is 0.659. The van der Waals surface area contributed by atoms with Crippen molar-refractivity contribution >= 4 is 15.9 Å². The molecule has 0 heterocycles. The van der Waals surface area contributed by atoms with Gasteiger partial charge in [-0.2, -0.15) is 0 Å². The van der Waals surface area contributed by atoms with Crippen LogP contribution in [0.15, 0.2) is 22.7 Å². The molecule has 0 bridgehead atoms. The van der Waals surface area contributed by atoms with Gasteiger partial charge in [0.05, 0.1) is 0 Å². The number of fused-ring (bicyclic) bond motifs is 1. The van der Waals surface area contributed by atoms with Crippen LogP contribution in [0.2, 0.25) is 0 Å². The summed E-state index contributed by atoms with van der Waals surface area (Å²) >= 11 is 3.65. The van der Waals surface area contributed by atoms with Crippen LogP contribution in [-0.2, 0) is 0 Å². The van der Waals surface area contributed by atoms with Crippen LogP contribution in [0.3, 0.4) is 0 Å². The minimum Gasteiger partial charge on any atom is -0.308 e. The van der Waals surface area contributed by atoms with Crippen LogP contribution in [0.5, 0.6) is 0 Å². The summed E-state index contributed by atoms with van der Waals surface area (Å²) in [5, 5.41) is 3.63. The number of nitrogens with one attached hydrogen (secondary N) is 1. The quantitative estimate of drug-likeness (QED) is 0.855. The summed E-state index contributed by atoms with van der Waals surface area (Å²) in [6.45, 7) is 6.73. The minimum absolute atomic E-state index is 0.535. The lowest BCUT2D eigenvalue weighted by molar-refractivity contribution is 0.459. The maximum atomic E-state index is 3.65. The monoisotopic (exact) mass is 267 g/mol. The molecule has 0 fully saturated rings. The fourth-order valence-electron chi connectivity index (χ4n) is 2.54. The molecule has 2 rings (SSSR count). The van der Waals surface area contributed by atoms with E-state index in [9.17, 15) is 0 Å². The van der Waals surface area contributed by atoms with Crippen molar-refractivity contribution in [2.45, 2.75) is 45.2 Å². The molecule has 2 heteroatoms. The van der Waals surface area contributed by atoms with Gasteiger partial charge in [0.1, 0.15) is 0 Å². The Hall–Kier alpha value is -0.340. The molecule has 0 spiro atoms. The van der Waals surface area contributed by atoms with Gasteiger partial charge < -0.3 is 5.32 Å². The highest BCUT2D eigenvalue weighted by molar-refractivity contribution is 9.10. The van der Waals surface area contributed by atoms with E-state index in [1.807, 2.05) is 0 Å². The molecule has 1 nitrogen and oxygen atoms in total. The first kappa shape index (κ1) is 11.2. The molecule has 0 saturated carbocycles. The Morgan fingerprint density at radius 3 is 2.80 bits per heavy atom. The van der Waals surface area contributed by atoms with Crippen LogP contribution in [0.1, 0.15) is 50.3 Å². The van der Waals surface area contributed by atoms with Crippen molar-refractivity contribution in [3.05, 3.63) is 33.8 Å². The topological polar surface area (TPSA) is 12.0 Å². The molecule has 0 saturated heterocycles. The molecule has 0 radical (unpaired) electrons. The van der Waals surface area contributed by atoms with Crippen LogP contribution < -0.4 is 5.32 Å². The molecule has 2 unspecified atom stereocenters. The van der Waals surface area contributed by atoms with Crippen molar-refractivity contribution < 1.29 is 0 Å². The van der Waals surface area contributed by atoms with Crippen LogP contribution in [0, 0.1) is 0 Å². The zero-order valence-corrected chi connectivity index (χ0v) is 11.1. The van der Waals surface area contributed by atoms with E-state index >= 15 is 0 Å². The first-order valence-electron chi connectivity index (χ1n) is 5.64. The summed E-state index contributed by atoms with van der Waals surface area (Å²) in [6, 6.07) is 7.62. The lowest BCUT2D eigenvalue weighted by Crippen LogP contribution is -2.26. The van der Waals surface area contributed by atoms with E-state index < -0.39 is 0 Å². The van der Waals surface area contributed by atoms with Gasteiger partial charge in [-0.3, -0.25) is 0 Å². The second-order valence-corrected chi connectivity index (χ2v) is 5.61. The van der Waals surface area contributed by atoms with E-state index in [-0.39, 0.29) is 0 Å². The molecular weight excluding hydrogens is 250 g/mol. The molecule has 82 valence electrons. The van der Waals surface area contributed by atoms with Gasteiger partial charge in [0.25, 0.3) is 0 Å². The standard InChI is InChI=1S/C13H18BrN/c1-8(2)15-12-7-9(3)13-10(12)5-4-6-11(13)14/h4-6,8-9,12,15H,7H2,1-3H3. The predicted octanol–water partition coefficient (Wildman–Crippen LogP) is 4.00. The average molecular weight is 268 g/mol. The molecule has 1 aromatic carbocycles.